The van der Waals surface area contributed by atoms with E-state index < -0.39 is 18.7 Å². The first-order valence-electron chi connectivity index (χ1n) is 11.1. The van der Waals surface area contributed by atoms with E-state index >= 15 is 0 Å². The summed E-state index contributed by atoms with van der Waals surface area (Å²) in [6.45, 7) is -1.21. The lowest BCUT2D eigenvalue weighted by molar-refractivity contribution is -0.141. The monoisotopic (exact) mass is 514 g/mol. The Morgan fingerprint density at radius 2 is 1.84 bits per heavy atom. The van der Waals surface area contributed by atoms with E-state index in [-0.39, 0.29) is 23.7 Å². The number of ether oxygens (including phenoxy) is 2. The van der Waals surface area contributed by atoms with Crippen LogP contribution in [0.5, 0.6) is 11.9 Å². The van der Waals surface area contributed by atoms with Crippen molar-refractivity contribution in [2.45, 2.75) is 31.0 Å². The minimum absolute atomic E-state index is 0.0565. The van der Waals surface area contributed by atoms with Crippen LogP contribution < -0.4 is 9.47 Å². The largest absolute Gasteiger partial charge is 0.480 e. The van der Waals surface area contributed by atoms with E-state index in [1.807, 2.05) is 0 Å². The van der Waals surface area contributed by atoms with Gasteiger partial charge in [-0.3, -0.25) is 9.67 Å². The third-order valence-electron chi connectivity index (χ3n) is 6.30. The molecule has 0 saturated heterocycles. The summed E-state index contributed by atoms with van der Waals surface area (Å²) >= 11 is 0. The fourth-order valence-electron chi connectivity index (χ4n) is 4.53. The van der Waals surface area contributed by atoms with Crippen molar-refractivity contribution in [3.63, 3.8) is 0 Å². The van der Waals surface area contributed by atoms with Gasteiger partial charge in [-0.05, 0) is 36.0 Å². The van der Waals surface area contributed by atoms with Crippen molar-refractivity contribution < 1.29 is 27.0 Å². The molecule has 190 valence electrons. The van der Waals surface area contributed by atoms with Crippen LogP contribution in [0.3, 0.4) is 0 Å². The van der Waals surface area contributed by atoms with Crippen LogP contribution in [0, 0.1) is 5.95 Å². The molecule has 10 nitrogen and oxygen atoms in total. The molecule has 0 amide bonds. The second-order valence-electron chi connectivity index (χ2n) is 8.62. The van der Waals surface area contributed by atoms with E-state index in [1.165, 1.54) is 26.6 Å². The smallest absolute Gasteiger partial charge is 0.408 e. The number of imidazole rings is 1. The molecule has 0 bridgehead atoms. The molecule has 1 aliphatic carbocycles. The third-order valence-corrected chi connectivity index (χ3v) is 6.30. The first-order chi connectivity index (χ1) is 17.8. The van der Waals surface area contributed by atoms with Crippen LogP contribution in [-0.4, -0.2) is 59.7 Å². The molecule has 5 aromatic rings. The minimum atomic E-state index is -4.41. The Hall–Kier alpha value is -4.36. The Labute approximate surface area is 205 Å². The van der Waals surface area contributed by atoms with Crippen LogP contribution in [-0.2, 0) is 6.54 Å². The molecule has 0 aromatic carbocycles. The quantitative estimate of drug-likeness (QED) is 0.314. The number of alkyl halides is 3. The maximum Gasteiger partial charge on any atom is 0.408 e. The second kappa shape index (κ2) is 8.35. The van der Waals surface area contributed by atoms with Gasteiger partial charge < -0.3 is 9.47 Å². The molecular weight excluding hydrogens is 496 g/mol. The number of rotatable bonds is 6. The van der Waals surface area contributed by atoms with Gasteiger partial charge in [-0.2, -0.15) is 37.3 Å². The molecule has 5 heterocycles. The highest BCUT2D eigenvalue weighted by atomic mass is 19.4. The van der Waals surface area contributed by atoms with Crippen LogP contribution in [0.15, 0.2) is 36.9 Å². The molecule has 1 aliphatic rings. The standard InChI is InChI=1S/C23H18F4N8O2/c1-36-21-15(7-30-22(32-21)37-2)16-5-14(20-29-9-19(24)35(20)33-16)13-4-12(13)11-3-18-17(28-6-11)8-31-34(18)10-23(25,26)27/h3,5-9,12-13H,4,10H2,1-2H3/t12-,13?/m1/s1. The van der Waals surface area contributed by atoms with E-state index in [4.69, 9.17) is 9.47 Å². The van der Waals surface area contributed by atoms with Crippen LogP contribution >= 0.6 is 0 Å². The summed E-state index contributed by atoms with van der Waals surface area (Å²) in [6, 6.07) is 3.56. The van der Waals surface area contributed by atoms with Crippen molar-refractivity contribution in [2.24, 2.45) is 0 Å². The Kier molecular flexibility index (Phi) is 5.21. The van der Waals surface area contributed by atoms with E-state index in [1.54, 1.807) is 18.3 Å². The predicted molar refractivity (Wildman–Crippen MR) is 121 cm³/mol. The van der Waals surface area contributed by atoms with Gasteiger partial charge in [-0.15, -0.1) is 0 Å². The molecule has 2 atom stereocenters. The molecule has 6 rings (SSSR count). The van der Waals surface area contributed by atoms with Gasteiger partial charge in [0, 0.05) is 18.0 Å². The molecule has 37 heavy (non-hydrogen) atoms. The van der Waals surface area contributed by atoms with Crippen LogP contribution in [0.25, 0.3) is 27.9 Å². The van der Waals surface area contributed by atoms with Gasteiger partial charge in [0.1, 0.15) is 12.1 Å². The zero-order chi connectivity index (χ0) is 25.9. The summed E-state index contributed by atoms with van der Waals surface area (Å²) in [7, 11) is 2.86. The van der Waals surface area contributed by atoms with Crippen LogP contribution in [0.1, 0.15) is 29.4 Å². The number of fused-ring (bicyclic) bond motifs is 2. The summed E-state index contributed by atoms with van der Waals surface area (Å²) in [4.78, 5) is 16.8. The highest BCUT2D eigenvalue weighted by Gasteiger charge is 2.42. The average Bonchev–Trinajstić information content (AvgIpc) is 3.47. The van der Waals surface area contributed by atoms with E-state index in [0.29, 0.717) is 34.4 Å². The summed E-state index contributed by atoms with van der Waals surface area (Å²) in [6.07, 6.45) is 1.76. The number of methoxy groups -OCH3 is 2. The van der Waals surface area contributed by atoms with Gasteiger partial charge in [0.2, 0.25) is 11.8 Å². The lowest BCUT2D eigenvalue weighted by atomic mass is 10.0. The first kappa shape index (κ1) is 23.1. The van der Waals surface area contributed by atoms with Crippen molar-refractivity contribution in [2.75, 3.05) is 14.2 Å². The number of hydrogen-bond acceptors (Lipinski definition) is 8. The molecule has 0 radical (unpaired) electrons. The van der Waals surface area contributed by atoms with E-state index in [0.717, 1.165) is 26.5 Å². The topological polar surface area (TPSA) is 105 Å². The average molecular weight is 514 g/mol. The Balaban J connectivity index is 1.40. The van der Waals surface area contributed by atoms with Crippen LogP contribution in [0.4, 0.5) is 17.6 Å². The Morgan fingerprint density at radius 1 is 1.00 bits per heavy atom. The number of halogens is 4. The van der Waals surface area contributed by atoms with E-state index in [2.05, 4.69) is 30.1 Å². The molecule has 1 saturated carbocycles. The summed E-state index contributed by atoms with van der Waals surface area (Å²) in [5, 5.41) is 8.20. The maximum absolute atomic E-state index is 14.6. The van der Waals surface area contributed by atoms with E-state index in [9.17, 15) is 17.6 Å². The molecule has 0 aliphatic heterocycles. The zero-order valence-corrected chi connectivity index (χ0v) is 19.4. The minimum Gasteiger partial charge on any atom is -0.480 e. The fourth-order valence-corrected chi connectivity index (χ4v) is 4.53. The summed E-state index contributed by atoms with van der Waals surface area (Å²) < 4.78 is 65.9. The summed E-state index contributed by atoms with van der Waals surface area (Å²) in [5.41, 5.74) is 3.29. The van der Waals surface area contributed by atoms with Gasteiger partial charge in [0.05, 0.1) is 43.4 Å². The lowest BCUT2D eigenvalue weighted by Gasteiger charge is -2.11. The SMILES string of the molecule is COc1ncc(-c2cc(C3C[C@@H]3c3cnc4cnn(CC(F)(F)F)c4c3)c3ncc(F)n3n2)c(OC)n1. The van der Waals surface area contributed by atoms with Gasteiger partial charge in [-0.25, -0.2) is 9.97 Å². The van der Waals surface area contributed by atoms with Gasteiger partial charge in [0.25, 0.3) is 0 Å². The highest BCUT2D eigenvalue weighted by molar-refractivity contribution is 5.75. The number of aromatic nitrogens is 8. The molecule has 1 unspecified atom stereocenters. The van der Waals surface area contributed by atoms with Crippen molar-refractivity contribution in [3.05, 3.63) is 54.0 Å². The van der Waals surface area contributed by atoms with Crippen molar-refractivity contribution in [1.82, 2.24) is 39.3 Å². The highest BCUT2D eigenvalue weighted by Crippen LogP contribution is 2.56. The molecular formula is C23H18F4N8O2. The van der Waals surface area contributed by atoms with Crippen molar-refractivity contribution in [3.8, 4) is 23.1 Å². The molecule has 14 heteroatoms. The Bertz CT molecular complexity index is 1650. The van der Waals surface area contributed by atoms with Crippen molar-refractivity contribution >= 4 is 16.7 Å². The fraction of sp³-hybridized carbons (Fsp3) is 0.304. The van der Waals surface area contributed by atoms with Gasteiger partial charge in [0.15, 0.2) is 5.65 Å². The Morgan fingerprint density at radius 3 is 2.59 bits per heavy atom. The van der Waals surface area contributed by atoms with Crippen molar-refractivity contribution in [1.29, 1.82) is 0 Å². The summed E-state index contributed by atoms with van der Waals surface area (Å²) in [5.74, 6) is -0.596. The maximum atomic E-state index is 14.6. The normalized spacial score (nSPS) is 17.5. The number of nitrogens with zero attached hydrogens (tertiary/aromatic N) is 8. The zero-order valence-electron chi connectivity index (χ0n) is 19.4. The van der Waals surface area contributed by atoms with Crippen LogP contribution in [0.2, 0.25) is 0 Å². The number of pyridine rings is 1. The van der Waals surface area contributed by atoms with Gasteiger partial charge in [-0.1, -0.05) is 0 Å². The lowest BCUT2D eigenvalue weighted by Crippen LogP contribution is -2.18. The van der Waals surface area contributed by atoms with Gasteiger partial charge >= 0.3 is 12.2 Å². The predicted octanol–water partition coefficient (Wildman–Crippen LogP) is 3.92. The second-order valence-corrected chi connectivity index (χ2v) is 8.62. The molecule has 0 spiro atoms. The number of hydrogen-bond donors (Lipinski definition) is 0. The molecule has 1 fully saturated rings. The molecule has 0 N–H and O–H groups in total. The molecule has 5 aromatic heterocycles. The first-order valence-corrected chi connectivity index (χ1v) is 11.1. The third kappa shape index (κ3) is 4.07.